The first kappa shape index (κ1) is 23.0. The van der Waals surface area contributed by atoms with Gasteiger partial charge in [0, 0.05) is 49.6 Å². The number of aromatic nitrogens is 1. The van der Waals surface area contributed by atoms with Gasteiger partial charge in [0.2, 0.25) is 5.91 Å². The Morgan fingerprint density at radius 3 is 2.74 bits per heavy atom. The molecule has 0 unspecified atom stereocenters. The highest BCUT2D eigenvalue weighted by atomic mass is 79.9. The van der Waals surface area contributed by atoms with Crippen molar-refractivity contribution in [2.45, 2.75) is 24.9 Å². The van der Waals surface area contributed by atoms with Crippen molar-refractivity contribution < 1.29 is 9.59 Å². The van der Waals surface area contributed by atoms with Crippen LogP contribution in [0.15, 0.2) is 65.4 Å². The normalized spacial score (nSPS) is 18.3. The molecule has 2 saturated heterocycles. The van der Waals surface area contributed by atoms with Crippen LogP contribution in [0.3, 0.4) is 0 Å². The van der Waals surface area contributed by atoms with Gasteiger partial charge in [-0.25, -0.2) is 0 Å². The van der Waals surface area contributed by atoms with E-state index in [-0.39, 0.29) is 11.8 Å². The lowest BCUT2D eigenvalue weighted by Crippen LogP contribution is -2.56. The van der Waals surface area contributed by atoms with Crippen LogP contribution in [0.5, 0.6) is 0 Å². The van der Waals surface area contributed by atoms with E-state index in [4.69, 9.17) is 0 Å². The standard InChI is InChI=1S/C26H28BrN5O2/c27-23-21-6-2-1-5-20(21)7-8-22(23)24(33)29-12-15-31-13-9-26(10-14-31)25(34)30-18-32(26)17-19-4-3-11-28-16-19/h1-8,11,16H,9-10,12-15,17-18H2,(H,29,33)(H,30,34). The van der Waals surface area contributed by atoms with Crippen molar-refractivity contribution in [1.82, 2.24) is 25.4 Å². The number of hydrogen-bond donors (Lipinski definition) is 2. The van der Waals surface area contributed by atoms with Crippen LogP contribution in [0.1, 0.15) is 28.8 Å². The summed E-state index contributed by atoms with van der Waals surface area (Å²) in [7, 11) is 0. The molecule has 0 radical (unpaired) electrons. The number of nitrogens with one attached hydrogen (secondary N) is 2. The maximum absolute atomic E-state index is 12.8. The Labute approximate surface area is 207 Å². The lowest BCUT2D eigenvalue weighted by Gasteiger charge is -2.42. The summed E-state index contributed by atoms with van der Waals surface area (Å²) in [6.45, 7) is 4.26. The van der Waals surface area contributed by atoms with Gasteiger partial charge in [0.25, 0.3) is 5.91 Å². The van der Waals surface area contributed by atoms with Crippen molar-refractivity contribution in [3.05, 3.63) is 76.5 Å². The zero-order valence-corrected chi connectivity index (χ0v) is 20.6. The molecule has 2 aliphatic heterocycles. The zero-order chi connectivity index (χ0) is 23.5. The maximum atomic E-state index is 12.8. The molecule has 0 atom stereocenters. The quantitative estimate of drug-likeness (QED) is 0.521. The first-order chi connectivity index (χ1) is 16.6. The maximum Gasteiger partial charge on any atom is 0.252 e. The van der Waals surface area contributed by atoms with Crippen molar-refractivity contribution in [2.75, 3.05) is 32.8 Å². The van der Waals surface area contributed by atoms with Crippen LogP contribution in [0, 0.1) is 0 Å². The molecule has 0 aliphatic carbocycles. The number of carbonyl (C=O) groups excluding carboxylic acids is 2. The number of amides is 2. The van der Waals surface area contributed by atoms with Gasteiger partial charge in [0.1, 0.15) is 5.54 Å². The van der Waals surface area contributed by atoms with E-state index in [0.717, 1.165) is 53.3 Å². The van der Waals surface area contributed by atoms with E-state index in [0.29, 0.717) is 25.3 Å². The summed E-state index contributed by atoms with van der Waals surface area (Å²) in [6, 6.07) is 15.8. The van der Waals surface area contributed by atoms with Crippen molar-refractivity contribution >= 4 is 38.5 Å². The SMILES string of the molecule is O=C(NCCN1CCC2(CC1)C(=O)NCN2Cc1cccnc1)c1ccc2ccccc2c1Br. The third-order valence-electron chi connectivity index (χ3n) is 7.06. The minimum Gasteiger partial charge on any atom is -0.351 e. The van der Waals surface area contributed by atoms with Gasteiger partial charge in [-0.2, -0.15) is 0 Å². The number of fused-ring (bicyclic) bond motifs is 1. The van der Waals surface area contributed by atoms with Gasteiger partial charge in [0.05, 0.1) is 12.2 Å². The van der Waals surface area contributed by atoms with E-state index in [1.54, 1.807) is 6.20 Å². The molecule has 2 fully saturated rings. The lowest BCUT2D eigenvalue weighted by molar-refractivity contribution is -0.129. The van der Waals surface area contributed by atoms with E-state index in [1.807, 2.05) is 48.7 Å². The first-order valence-corrected chi connectivity index (χ1v) is 12.5. The van der Waals surface area contributed by atoms with Crippen molar-refractivity contribution in [3.63, 3.8) is 0 Å². The molecule has 2 aliphatic rings. The molecule has 5 rings (SSSR count). The van der Waals surface area contributed by atoms with Gasteiger partial charge in [-0.1, -0.05) is 36.4 Å². The Morgan fingerprint density at radius 1 is 1.12 bits per heavy atom. The molecule has 0 saturated carbocycles. The molecule has 2 amide bonds. The third kappa shape index (κ3) is 4.45. The number of carbonyl (C=O) groups is 2. The van der Waals surface area contributed by atoms with Gasteiger partial charge in [0.15, 0.2) is 0 Å². The minimum absolute atomic E-state index is 0.0797. The first-order valence-electron chi connectivity index (χ1n) is 11.7. The third-order valence-corrected chi connectivity index (χ3v) is 7.91. The van der Waals surface area contributed by atoms with Gasteiger partial charge in [-0.05, 0) is 57.2 Å². The van der Waals surface area contributed by atoms with Crippen LogP contribution in [-0.2, 0) is 11.3 Å². The number of halogens is 1. The molecule has 1 spiro atoms. The summed E-state index contributed by atoms with van der Waals surface area (Å²) >= 11 is 3.60. The summed E-state index contributed by atoms with van der Waals surface area (Å²) in [4.78, 5) is 34.4. The lowest BCUT2D eigenvalue weighted by atomic mass is 9.86. The van der Waals surface area contributed by atoms with Crippen molar-refractivity contribution in [3.8, 4) is 0 Å². The molecule has 7 nitrogen and oxygen atoms in total. The Hall–Kier alpha value is -2.81. The van der Waals surface area contributed by atoms with Gasteiger partial charge >= 0.3 is 0 Å². The molecule has 3 heterocycles. The molecule has 8 heteroatoms. The predicted molar refractivity (Wildman–Crippen MR) is 135 cm³/mol. The monoisotopic (exact) mass is 521 g/mol. The second-order valence-electron chi connectivity index (χ2n) is 9.00. The van der Waals surface area contributed by atoms with E-state index >= 15 is 0 Å². The average molecular weight is 522 g/mol. The van der Waals surface area contributed by atoms with Crippen molar-refractivity contribution in [1.29, 1.82) is 0 Å². The minimum atomic E-state index is -0.453. The molecular weight excluding hydrogens is 494 g/mol. The summed E-state index contributed by atoms with van der Waals surface area (Å²) in [5.41, 5.74) is 1.30. The van der Waals surface area contributed by atoms with Crippen LogP contribution < -0.4 is 10.6 Å². The number of benzene rings is 2. The Balaban J connectivity index is 1.15. The van der Waals surface area contributed by atoms with Crippen LogP contribution in [0.2, 0.25) is 0 Å². The average Bonchev–Trinajstić information content (AvgIpc) is 3.15. The topological polar surface area (TPSA) is 77.6 Å². The molecule has 1 aromatic heterocycles. The number of pyridine rings is 1. The van der Waals surface area contributed by atoms with Gasteiger partial charge < -0.3 is 15.5 Å². The smallest absolute Gasteiger partial charge is 0.252 e. The van der Waals surface area contributed by atoms with Crippen LogP contribution in [0.4, 0.5) is 0 Å². The molecule has 2 aromatic carbocycles. The second-order valence-corrected chi connectivity index (χ2v) is 9.79. The fourth-order valence-electron chi connectivity index (χ4n) is 5.07. The van der Waals surface area contributed by atoms with Crippen LogP contribution in [-0.4, -0.2) is 65.0 Å². The fourth-order valence-corrected chi connectivity index (χ4v) is 5.74. The molecule has 3 aromatic rings. The molecular formula is C26H28BrN5O2. The Morgan fingerprint density at radius 2 is 1.94 bits per heavy atom. The number of likely N-dealkylation sites (tertiary alicyclic amines) is 1. The highest BCUT2D eigenvalue weighted by Gasteiger charge is 2.49. The van der Waals surface area contributed by atoms with Gasteiger partial charge in [-0.15, -0.1) is 0 Å². The van der Waals surface area contributed by atoms with E-state index in [1.165, 1.54) is 0 Å². The van der Waals surface area contributed by atoms with E-state index in [9.17, 15) is 9.59 Å². The molecule has 2 N–H and O–H groups in total. The Kier molecular flexibility index (Phi) is 6.63. The van der Waals surface area contributed by atoms with Crippen LogP contribution >= 0.6 is 15.9 Å². The fraction of sp³-hybridized carbons (Fsp3) is 0.346. The number of nitrogens with zero attached hydrogens (tertiary/aromatic N) is 3. The molecule has 176 valence electrons. The highest BCUT2D eigenvalue weighted by Crippen LogP contribution is 2.33. The number of piperidine rings is 1. The summed E-state index contributed by atoms with van der Waals surface area (Å²) in [5, 5.41) is 8.23. The largest absolute Gasteiger partial charge is 0.351 e. The summed E-state index contributed by atoms with van der Waals surface area (Å²) in [6.07, 6.45) is 5.19. The molecule has 34 heavy (non-hydrogen) atoms. The van der Waals surface area contributed by atoms with Gasteiger partial charge in [-0.3, -0.25) is 19.5 Å². The van der Waals surface area contributed by atoms with Crippen LogP contribution in [0.25, 0.3) is 10.8 Å². The molecule has 0 bridgehead atoms. The highest BCUT2D eigenvalue weighted by molar-refractivity contribution is 9.10. The van der Waals surface area contributed by atoms with E-state index in [2.05, 4.69) is 47.4 Å². The van der Waals surface area contributed by atoms with Crippen molar-refractivity contribution in [2.24, 2.45) is 0 Å². The van der Waals surface area contributed by atoms with E-state index < -0.39 is 5.54 Å². The Bertz CT molecular complexity index is 1190. The summed E-state index contributed by atoms with van der Waals surface area (Å²) < 4.78 is 0.823. The summed E-state index contributed by atoms with van der Waals surface area (Å²) in [5.74, 6) is 0.0504. The second kappa shape index (κ2) is 9.82. The predicted octanol–water partition coefficient (Wildman–Crippen LogP) is 3.15. The zero-order valence-electron chi connectivity index (χ0n) is 19.0. The number of rotatable bonds is 6. The number of hydrogen-bond acceptors (Lipinski definition) is 5.